The van der Waals surface area contributed by atoms with E-state index in [9.17, 15) is 9.18 Å². The molecule has 1 heterocycles. The summed E-state index contributed by atoms with van der Waals surface area (Å²) in [6.45, 7) is 3.81. The normalized spacial score (nSPS) is 10.7. The molecule has 0 radical (unpaired) electrons. The zero-order valence-electron chi connectivity index (χ0n) is 11.4. The summed E-state index contributed by atoms with van der Waals surface area (Å²) in [5.41, 5.74) is 0. The smallest absolute Gasteiger partial charge is 0.264 e. The molecule has 1 amide bonds. The molecular formula is C13H13BrFN3O2S. The van der Waals surface area contributed by atoms with Gasteiger partial charge in [-0.2, -0.15) is 0 Å². The first-order valence-electron chi connectivity index (χ1n) is 6.17. The summed E-state index contributed by atoms with van der Waals surface area (Å²) in [5, 5.41) is 11.8. The van der Waals surface area contributed by atoms with E-state index in [1.807, 2.05) is 13.8 Å². The quantitative estimate of drug-likeness (QED) is 0.869. The molecule has 0 saturated heterocycles. The monoisotopic (exact) mass is 373 g/mol. The van der Waals surface area contributed by atoms with Gasteiger partial charge in [0.1, 0.15) is 16.6 Å². The number of hydrogen-bond donors (Lipinski definition) is 1. The molecule has 0 aliphatic rings. The first kappa shape index (κ1) is 15.8. The van der Waals surface area contributed by atoms with Crippen LogP contribution in [0.4, 0.5) is 9.52 Å². The zero-order chi connectivity index (χ0) is 15.4. The van der Waals surface area contributed by atoms with Gasteiger partial charge in [0.05, 0.1) is 4.47 Å². The van der Waals surface area contributed by atoms with Gasteiger partial charge in [-0.1, -0.05) is 25.2 Å². The second-order valence-corrected chi connectivity index (χ2v) is 6.38. The number of carbonyl (C=O) groups excluding carboxylic acids is 1. The van der Waals surface area contributed by atoms with Gasteiger partial charge in [-0.3, -0.25) is 10.1 Å². The fourth-order valence-corrected chi connectivity index (χ4v) is 2.64. The van der Waals surface area contributed by atoms with Crippen LogP contribution in [0.2, 0.25) is 0 Å². The Morgan fingerprint density at radius 1 is 1.48 bits per heavy atom. The molecule has 0 bridgehead atoms. The number of benzene rings is 1. The van der Waals surface area contributed by atoms with Gasteiger partial charge in [-0.15, -0.1) is 10.2 Å². The molecule has 0 aliphatic heterocycles. The maximum atomic E-state index is 12.9. The first-order chi connectivity index (χ1) is 9.95. The third kappa shape index (κ3) is 4.47. The van der Waals surface area contributed by atoms with Gasteiger partial charge >= 0.3 is 0 Å². The van der Waals surface area contributed by atoms with Crippen molar-refractivity contribution in [3.05, 3.63) is 33.5 Å². The molecule has 21 heavy (non-hydrogen) atoms. The summed E-state index contributed by atoms with van der Waals surface area (Å²) in [6, 6.07) is 3.99. The highest BCUT2D eigenvalue weighted by atomic mass is 79.9. The van der Waals surface area contributed by atoms with Crippen LogP contribution in [0, 0.1) is 5.82 Å². The van der Waals surface area contributed by atoms with E-state index in [1.54, 1.807) is 0 Å². The standard InChI is InChI=1S/C13H13BrFN3O2S/c1-7(2)12-17-18-13(21-12)16-11(19)6-20-10-4-3-8(15)5-9(10)14/h3-5,7H,6H2,1-2H3,(H,16,18,19). The average Bonchev–Trinajstić information content (AvgIpc) is 2.86. The van der Waals surface area contributed by atoms with Gasteiger partial charge in [-0.05, 0) is 34.1 Å². The fraction of sp³-hybridized carbons (Fsp3) is 0.308. The van der Waals surface area contributed by atoms with Crippen molar-refractivity contribution in [2.24, 2.45) is 0 Å². The molecule has 1 aromatic heterocycles. The minimum atomic E-state index is -0.381. The van der Waals surface area contributed by atoms with E-state index in [0.29, 0.717) is 15.4 Å². The van der Waals surface area contributed by atoms with Crippen molar-refractivity contribution in [3.63, 3.8) is 0 Å². The van der Waals surface area contributed by atoms with E-state index in [-0.39, 0.29) is 24.2 Å². The number of amides is 1. The topological polar surface area (TPSA) is 64.1 Å². The van der Waals surface area contributed by atoms with Crippen molar-refractivity contribution in [2.45, 2.75) is 19.8 Å². The highest BCUT2D eigenvalue weighted by Crippen LogP contribution is 2.25. The number of rotatable bonds is 5. The summed E-state index contributed by atoms with van der Waals surface area (Å²) >= 11 is 4.49. The van der Waals surface area contributed by atoms with E-state index < -0.39 is 0 Å². The molecule has 0 unspecified atom stereocenters. The second kappa shape index (κ2) is 6.95. The summed E-state index contributed by atoms with van der Waals surface area (Å²) in [6.07, 6.45) is 0. The van der Waals surface area contributed by atoms with E-state index >= 15 is 0 Å². The largest absolute Gasteiger partial charge is 0.483 e. The number of ether oxygens (including phenoxy) is 1. The Hall–Kier alpha value is -1.54. The number of hydrogen-bond acceptors (Lipinski definition) is 5. The van der Waals surface area contributed by atoms with Crippen LogP contribution in [0.25, 0.3) is 0 Å². The molecule has 1 aromatic carbocycles. The van der Waals surface area contributed by atoms with Crippen LogP contribution >= 0.6 is 27.3 Å². The molecule has 2 rings (SSSR count). The molecule has 1 N–H and O–H groups in total. The minimum absolute atomic E-state index is 0.194. The van der Waals surface area contributed by atoms with Crippen LogP contribution in [-0.4, -0.2) is 22.7 Å². The van der Waals surface area contributed by atoms with Crippen molar-refractivity contribution in [1.29, 1.82) is 0 Å². The third-order valence-electron chi connectivity index (χ3n) is 2.43. The van der Waals surface area contributed by atoms with Crippen molar-refractivity contribution in [1.82, 2.24) is 10.2 Å². The predicted octanol–water partition coefficient (Wildman–Crippen LogP) is 3.58. The van der Waals surface area contributed by atoms with Gasteiger partial charge in [0.25, 0.3) is 5.91 Å². The van der Waals surface area contributed by atoms with Gasteiger partial charge in [0, 0.05) is 5.92 Å². The van der Waals surface area contributed by atoms with Gasteiger partial charge in [0.2, 0.25) is 5.13 Å². The highest BCUT2D eigenvalue weighted by Gasteiger charge is 2.11. The molecule has 2 aromatic rings. The summed E-state index contributed by atoms with van der Waals surface area (Å²) in [4.78, 5) is 11.8. The van der Waals surface area contributed by atoms with Crippen molar-refractivity contribution in [2.75, 3.05) is 11.9 Å². The number of nitrogens with one attached hydrogen (secondary N) is 1. The molecule has 0 saturated carbocycles. The average molecular weight is 374 g/mol. The van der Waals surface area contributed by atoms with E-state index in [4.69, 9.17) is 4.74 Å². The molecule has 5 nitrogen and oxygen atoms in total. The molecule has 0 fully saturated rings. The lowest BCUT2D eigenvalue weighted by Gasteiger charge is -2.07. The third-order valence-corrected chi connectivity index (χ3v) is 4.19. The Labute approximate surface area is 133 Å². The van der Waals surface area contributed by atoms with Crippen LogP contribution in [0.1, 0.15) is 24.8 Å². The van der Waals surface area contributed by atoms with Gasteiger partial charge in [-0.25, -0.2) is 4.39 Å². The maximum Gasteiger partial charge on any atom is 0.264 e. The van der Waals surface area contributed by atoms with Crippen LogP contribution < -0.4 is 10.1 Å². The number of anilines is 1. The fourth-order valence-electron chi connectivity index (χ4n) is 1.41. The van der Waals surface area contributed by atoms with Crippen molar-refractivity contribution >= 4 is 38.3 Å². The molecular weight excluding hydrogens is 361 g/mol. The molecule has 8 heteroatoms. The maximum absolute atomic E-state index is 12.9. The Bertz CT molecular complexity index is 648. The van der Waals surface area contributed by atoms with Crippen molar-refractivity contribution < 1.29 is 13.9 Å². The SMILES string of the molecule is CC(C)c1nnc(NC(=O)COc2ccc(F)cc2Br)s1. The van der Waals surface area contributed by atoms with Crippen LogP contribution in [0.5, 0.6) is 5.75 Å². The lowest BCUT2D eigenvalue weighted by Crippen LogP contribution is -2.20. The lowest BCUT2D eigenvalue weighted by atomic mass is 10.2. The number of carbonyl (C=O) groups is 1. The first-order valence-corrected chi connectivity index (χ1v) is 7.77. The summed E-state index contributed by atoms with van der Waals surface area (Å²) in [7, 11) is 0. The minimum Gasteiger partial charge on any atom is -0.483 e. The van der Waals surface area contributed by atoms with Gasteiger partial charge in [0.15, 0.2) is 6.61 Å². The van der Waals surface area contributed by atoms with Crippen LogP contribution in [0.15, 0.2) is 22.7 Å². The zero-order valence-corrected chi connectivity index (χ0v) is 13.8. The lowest BCUT2D eigenvalue weighted by molar-refractivity contribution is -0.118. The van der Waals surface area contributed by atoms with E-state index in [0.717, 1.165) is 5.01 Å². The Morgan fingerprint density at radius 3 is 2.86 bits per heavy atom. The number of halogens is 2. The summed E-state index contributed by atoms with van der Waals surface area (Å²) < 4.78 is 18.7. The number of nitrogens with zero attached hydrogens (tertiary/aromatic N) is 2. The van der Waals surface area contributed by atoms with Crippen LogP contribution in [-0.2, 0) is 4.79 Å². The second-order valence-electron chi connectivity index (χ2n) is 4.51. The Morgan fingerprint density at radius 2 is 2.24 bits per heavy atom. The number of aromatic nitrogens is 2. The molecule has 112 valence electrons. The Kier molecular flexibility index (Phi) is 5.24. The van der Waals surface area contributed by atoms with Crippen molar-refractivity contribution in [3.8, 4) is 5.75 Å². The highest BCUT2D eigenvalue weighted by molar-refractivity contribution is 9.10. The Balaban J connectivity index is 1.89. The molecule has 0 atom stereocenters. The molecule has 0 spiro atoms. The molecule has 0 aliphatic carbocycles. The van der Waals surface area contributed by atoms with E-state index in [2.05, 4.69) is 31.4 Å². The van der Waals surface area contributed by atoms with E-state index in [1.165, 1.54) is 29.5 Å². The summed E-state index contributed by atoms with van der Waals surface area (Å²) in [5.74, 6) is -0.0716. The predicted molar refractivity (Wildman–Crippen MR) is 82.2 cm³/mol. The van der Waals surface area contributed by atoms with Gasteiger partial charge < -0.3 is 4.74 Å². The van der Waals surface area contributed by atoms with Crippen LogP contribution in [0.3, 0.4) is 0 Å².